The topological polar surface area (TPSA) is 58.2 Å². The number of sulfonamides is 1. The minimum Gasteiger partial charge on any atom is -0.313 e. The van der Waals surface area contributed by atoms with E-state index in [1.165, 1.54) is 12.8 Å². The van der Waals surface area contributed by atoms with Crippen LogP contribution >= 0.6 is 0 Å². The van der Waals surface area contributed by atoms with Gasteiger partial charge in [0.25, 0.3) is 0 Å². The molecule has 1 fully saturated rings. The monoisotopic (exact) mass is 248 g/mol. The SMILES string of the molecule is CCC(CC)CNS(=O)(=O)CCNC1CC1. The first kappa shape index (κ1) is 13.9. The summed E-state index contributed by atoms with van der Waals surface area (Å²) in [6, 6.07) is 0.578. The molecule has 0 saturated heterocycles. The molecule has 0 atom stereocenters. The van der Waals surface area contributed by atoms with Crippen LogP contribution in [0.2, 0.25) is 0 Å². The van der Waals surface area contributed by atoms with Gasteiger partial charge in [0, 0.05) is 19.1 Å². The summed E-state index contributed by atoms with van der Waals surface area (Å²) in [5.74, 6) is 0.662. The van der Waals surface area contributed by atoms with Crippen LogP contribution < -0.4 is 10.0 Å². The Labute approximate surface area is 99.2 Å². The summed E-state index contributed by atoms with van der Waals surface area (Å²) in [6.45, 7) is 5.34. The predicted molar refractivity (Wildman–Crippen MR) is 66.9 cm³/mol. The van der Waals surface area contributed by atoms with Gasteiger partial charge in [0.05, 0.1) is 5.75 Å². The highest BCUT2D eigenvalue weighted by atomic mass is 32.2. The summed E-state index contributed by atoms with van der Waals surface area (Å²) in [5.41, 5.74) is 0. The Morgan fingerprint density at radius 1 is 1.25 bits per heavy atom. The highest BCUT2D eigenvalue weighted by molar-refractivity contribution is 7.89. The summed E-state index contributed by atoms with van der Waals surface area (Å²) in [4.78, 5) is 0. The van der Waals surface area contributed by atoms with Gasteiger partial charge in [-0.25, -0.2) is 13.1 Å². The molecule has 1 aliphatic carbocycles. The van der Waals surface area contributed by atoms with Gasteiger partial charge in [-0.15, -0.1) is 0 Å². The summed E-state index contributed by atoms with van der Waals surface area (Å²) in [6.07, 6.45) is 4.45. The Hall–Kier alpha value is -0.130. The molecule has 0 aromatic heterocycles. The smallest absolute Gasteiger partial charge is 0.212 e. The van der Waals surface area contributed by atoms with Crippen molar-refractivity contribution in [1.29, 1.82) is 0 Å². The van der Waals surface area contributed by atoms with Crippen LogP contribution in [0.25, 0.3) is 0 Å². The summed E-state index contributed by atoms with van der Waals surface area (Å²) in [5, 5.41) is 3.21. The van der Waals surface area contributed by atoms with Crippen LogP contribution in [-0.2, 0) is 10.0 Å². The van der Waals surface area contributed by atoms with E-state index >= 15 is 0 Å². The van der Waals surface area contributed by atoms with E-state index in [1.54, 1.807) is 0 Å². The van der Waals surface area contributed by atoms with E-state index in [4.69, 9.17) is 0 Å². The largest absolute Gasteiger partial charge is 0.313 e. The normalized spacial score (nSPS) is 16.9. The lowest BCUT2D eigenvalue weighted by Crippen LogP contribution is -2.35. The van der Waals surface area contributed by atoms with E-state index in [0.717, 1.165) is 12.8 Å². The van der Waals surface area contributed by atoms with Crippen LogP contribution in [0.15, 0.2) is 0 Å². The van der Waals surface area contributed by atoms with Crippen molar-refractivity contribution in [2.24, 2.45) is 5.92 Å². The van der Waals surface area contributed by atoms with Crippen molar-refractivity contribution < 1.29 is 8.42 Å². The summed E-state index contributed by atoms with van der Waals surface area (Å²) in [7, 11) is -3.08. The first-order valence-corrected chi connectivity index (χ1v) is 7.93. The van der Waals surface area contributed by atoms with Gasteiger partial charge >= 0.3 is 0 Å². The van der Waals surface area contributed by atoms with E-state index in [0.29, 0.717) is 25.0 Å². The predicted octanol–water partition coefficient (Wildman–Crippen LogP) is 1.09. The van der Waals surface area contributed by atoms with E-state index < -0.39 is 10.0 Å². The van der Waals surface area contributed by atoms with Crippen LogP contribution in [-0.4, -0.2) is 33.3 Å². The quantitative estimate of drug-likeness (QED) is 0.642. The molecule has 0 aliphatic heterocycles. The molecule has 96 valence electrons. The van der Waals surface area contributed by atoms with Crippen molar-refractivity contribution >= 4 is 10.0 Å². The van der Waals surface area contributed by atoms with E-state index in [2.05, 4.69) is 23.9 Å². The van der Waals surface area contributed by atoms with Gasteiger partial charge in [-0.1, -0.05) is 26.7 Å². The third-order valence-corrected chi connectivity index (χ3v) is 4.48. The Balaban J connectivity index is 2.16. The number of hydrogen-bond acceptors (Lipinski definition) is 3. The van der Waals surface area contributed by atoms with Gasteiger partial charge in [0.15, 0.2) is 0 Å². The Morgan fingerprint density at radius 3 is 2.38 bits per heavy atom. The minimum absolute atomic E-state index is 0.198. The second-order valence-electron chi connectivity index (χ2n) is 4.58. The fraction of sp³-hybridized carbons (Fsp3) is 1.00. The number of hydrogen-bond donors (Lipinski definition) is 2. The molecule has 5 heteroatoms. The summed E-state index contributed by atoms with van der Waals surface area (Å²) < 4.78 is 25.9. The highest BCUT2D eigenvalue weighted by Crippen LogP contribution is 2.18. The molecule has 1 aliphatic rings. The second-order valence-corrected chi connectivity index (χ2v) is 6.50. The first-order valence-electron chi connectivity index (χ1n) is 6.28. The number of nitrogens with one attached hydrogen (secondary N) is 2. The maximum absolute atomic E-state index is 11.6. The van der Waals surface area contributed by atoms with Crippen molar-refractivity contribution in [1.82, 2.24) is 10.0 Å². The average molecular weight is 248 g/mol. The molecule has 0 aromatic rings. The summed E-state index contributed by atoms with van der Waals surface area (Å²) >= 11 is 0. The molecule has 4 nitrogen and oxygen atoms in total. The molecule has 0 radical (unpaired) electrons. The van der Waals surface area contributed by atoms with Crippen molar-refractivity contribution in [2.75, 3.05) is 18.8 Å². The van der Waals surface area contributed by atoms with E-state index in [-0.39, 0.29) is 5.75 Å². The fourth-order valence-electron chi connectivity index (χ4n) is 1.58. The van der Waals surface area contributed by atoms with Crippen LogP contribution in [0.5, 0.6) is 0 Å². The first-order chi connectivity index (χ1) is 7.57. The third-order valence-electron chi connectivity index (χ3n) is 3.13. The molecular weight excluding hydrogens is 224 g/mol. The maximum atomic E-state index is 11.6. The maximum Gasteiger partial charge on any atom is 0.212 e. The highest BCUT2D eigenvalue weighted by Gasteiger charge is 2.21. The molecule has 1 rings (SSSR count). The average Bonchev–Trinajstić information content (AvgIpc) is 3.03. The van der Waals surface area contributed by atoms with E-state index in [1.807, 2.05) is 0 Å². The third kappa shape index (κ3) is 5.82. The van der Waals surface area contributed by atoms with Crippen molar-refractivity contribution in [3.8, 4) is 0 Å². The van der Waals surface area contributed by atoms with E-state index in [9.17, 15) is 8.42 Å². The molecule has 0 spiro atoms. The van der Waals surface area contributed by atoms with Gasteiger partial charge in [-0.3, -0.25) is 0 Å². The lowest BCUT2D eigenvalue weighted by Gasteiger charge is -2.13. The molecule has 0 bridgehead atoms. The molecule has 16 heavy (non-hydrogen) atoms. The molecule has 1 saturated carbocycles. The molecule has 2 N–H and O–H groups in total. The molecule has 0 amide bonds. The zero-order valence-corrected chi connectivity index (χ0v) is 11.1. The lowest BCUT2D eigenvalue weighted by molar-refractivity contribution is 0.478. The standard InChI is InChI=1S/C11H24N2O2S/c1-3-10(4-2)9-13-16(14,15)8-7-12-11-5-6-11/h10-13H,3-9H2,1-2H3. The second kappa shape index (κ2) is 6.57. The Kier molecular flexibility index (Phi) is 5.72. The van der Waals surface area contributed by atoms with Crippen LogP contribution in [0.4, 0.5) is 0 Å². The van der Waals surface area contributed by atoms with Crippen molar-refractivity contribution in [3.05, 3.63) is 0 Å². The van der Waals surface area contributed by atoms with Crippen LogP contribution in [0, 0.1) is 5.92 Å². The van der Waals surface area contributed by atoms with Crippen LogP contribution in [0.3, 0.4) is 0 Å². The van der Waals surface area contributed by atoms with Crippen molar-refractivity contribution in [2.45, 2.75) is 45.6 Å². The number of rotatable bonds is 9. The molecular formula is C11H24N2O2S. The molecule has 0 heterocycles. The van der Waals surface area contributed by atoms with Gasteiger partial charge in [-0.05, 0) is 18.8 Å². The van der Waals surface area contributed by atoms with Gasteiger partial charge < -0.3 is 5.32 Å². The lowest BCUT2D eigenvalue weighted by atomic mass is 10.0. The van der Waals surface area contributed by atoms with Crippen molar-refractivity contribution in [3.63, 3.8) is 0 Å². The Bertz CT molecular complexity index is 282. The molecule has 0 aromatic carbocycles. The van der Waals surface area contributed by atoms with Crippen LogP contribution in [0.1, 0.15) is 39.5 Å². The Morgan fingerprint density at radius 2 is 1.88 bits per heavy atom. The fourth-order valence-corrected chi connectivity index (χ4v) is 2.60. The zero-order valence-electron chi connectivity index (χ0n) is 10.3. The van der Waals surface area contributed by atoms with Gasteiger partial charge in [-0.2, -0.15) is 0 Å². The van der Waals surface area contributed by atoms with Gasteiger partial charge in [0.1, 0.15) is 0 Å². The zero-order chi connectivity index (χ0) is 12.0. The minimum atomic E-state index is -3.08. The van der Waals surface area contributed by atoms with Gasteiger partial charge in [0.2, 0.25) is 10.0 Å². The molecule has 0 unspecified atom stereocenters.